The Morgan fingerprint density at radius 1 is 1.27 bits per heavy atom. The third-order valence-corrected chi connectivity index (χ3v) is 6.59. The van der Waals surface area contributed by atoms with Gasteiger partial charge in [-0.15, -0.1) is 21.5 Å². The van der Waals surface area contributed by atoms with E-state index >= 15 is 0 Å². The van der Waals surface area contributed by atoms with Gasteiger partial charge in [-0.25, -0.2) is 4.98 Å². The first-order valence-electron chi connectivity index (χ1n) is 10.2. The Bertz CT molecular complexity index is 1400. The van der Waals surface area contributed by atoms with Crippen LogP contribution in [0.1, 0.15) is 29.6 Å². The summed E-state index contributed by atoms with van der Waals surface area (Å²) in [6.07, 6.45) is 1.62. The van der Waals surface area contributed by atoms with Crippen molar-refractivity contribution in [3.8, 4) is 22.9 Å². The molecule has 33 heavy (non-hydrogen) atoms. The molecule has 1 aliphatic rings. The van der Waals surface area contributed by atoms with Crippen molar-refractivity contribution >= 4 is 39.1 Å². The normalized spacial score (nSPS) is 14.1. The van der Waals surface area contributed by atoms with E-state index in [4.69, 9.17) is 31.0 Å². The van der Waals surface area contributed by atoms with Crippen molar-refractivity contribution in [3.63, 3.8) is 0 Å². The Balaban J connectivity index is 1.34. The number of hydrogen-bond acceptors (Lipinski definition) is 8. The van der Waals surface area contributed by atoms with Crippen molar-refractivity contribution in [1.29, 1.82) is 5.26 Å². The van der Waals surface area contributed by atoms with Crippen molar-refractivity contribution in [1.82, 2.24) is 20.5 Å². The van der Waals surface area contributed by atoms with E-state index < -0.39 is 5.54 Å². The highest BCUT2D eigenvalue weighted by molar-refractivity contribution is 7.18. The molecular formula is C23H18ClN5O3S. The zero-order valence-corrected chi connectivity index (χ0v) is 19.2. The second-order valence-corrected chi connectivity index (χ2v) is 9.38. The van der Waals surface area contributed by atoms with Gasteiger partial charge in [0, 0.05) is 5.02 Å². The molecule has 166 valence electrons. The number of nitriles is 1. The lowest BCUT2D eigenvalue weighted by Gasteiger charge is -2.06. The summed E-state index contributed by atoms with van der Waals surface area (Å²) in [6, 6.07) is 13.8. The van der Waals surface area contributed by atoms with Crippen LogP contribution in [0.4, 0.5) is 0 Å². The summed E-state index contributed by atoms with van der Waals surface area (Å²) in [7, 11) is 1.61. The van der Waals surface area contributed by atoms with Crippen LogP contribution < -0.4 is 10.1 Å². The summed E-state index contributed by atoms with van der Waals surface area (Å²) in [5, 5.41) is 21.3. The van der Waals surface area contributed by atoms with Crippen molar-refractivity contribution in [2.45, 2.75) is 31.2 Å². The van der Waals surface area contributed by atoms with Crippen molar-refractivity contribution in [2.75, 3.05) is 7.11 Å². The summed E-state index contributed by atoms with van der Waals surface area (Å²) in [4.78, 5) is 16.8. The first-order chi connectivity index (χ1) is 16.0. The molecule has 0 aliphatic heterocycles. The van der Waals surface area contributed by atoms with E-state index in [1.54, 1.807) is 7.11 Å². The van der Waals surface area contributed by atoms with Crippen LogP contribution in [0.25, 0.3) is 21.3 Å². The molecule has 2 heterocycles. The highest BCUT2D eigenvalue weighted by atomic mass is 35.5. The van der Waals surface area contributed by atoms with Gasteiger partial charge in [0.25, 0.3) is 0 Å². The molecule has 1 aliphatic carbocycles. The molecule has 8 nitrogen and oxygen atoms in total. The number of halogens is 1. The lowest BCUT2D eigenvalue weighted by Crippen LogP contribution is -2.36. The maximum absolute atomic E-state index is 12.1. The molecule has 10 heteroatoms. The maximum atomic E-state index is 12.1. The molecule has 0 bridgehead atoms. The predicted octanol–water partition coefficient (Wildman–Crippen LogP) is 4.31. The lowest BCUT2D eigenvalue weighted by atomic mass is 10.1. The second kappa shape index (κ2) is 8.46. The Hall–Kier alpha value is -3.48. The highest BCUT2D eigenvalue weighted by Gasteiger charge is 2.44. The molecule has 0 unspecified atom stereocenters. The number of nitrogens with one attached hydrogen (secondary N) is 1. The van der Waals surface area contributed by atoms with Gasteiger partial charge >= 0.3 is 0 Å². The SMILES string of the molecule is COc1cc(-c2cccc(Cl)c2)cc2sc(Cc3nnc(CC(=O)NC4(C#N)CC4)o3)nc12. The van der Waals surface area contributed by atoms with Crippen LogP contribution in [-0.2, 0) is 17.6 Å². The summed E-state index contributed by atoms with van der Waals surface area (Å²) in [5.74, 6) is 0.937. The van der Waals surface area contributed by atoms with Crippen LogP contribution in [0.3, 0.4) is 0 Å². The molecule has 2 aromatic carbocycles. The van der Waals surface area contributed by atoms with Gasteiger partial charge in [0.1, 0.15) is 28.2 Å². The zero-order valence-electron chi connectivity index (χ0n) is 17.6. The van der Waals surface area contributed by atoms with Gasteiger partial charge in [0.15, 0.2) is 0 Å². The largest absolute Gasteiger partial charge is 0.494 e. The minimum atomic E-state index is -0.718. The van der Waals surface area contributed by atoms with Gasteiger partial charge in [-0.1, -0.05) is 23.7 Å². The molecular weight excluding hydrogens is 462 g/mol. The lowest BCUT2D eigenvalue weighted by molar-refractivity contribution is -0.121. The van der Waals surface area contributed by atoms with E-state index in [0.29, 0.717) is 35.9 Å². The fourth-order valence-electron chi connectivity index (χ4n) is 3.51. The van der Waals surface area contributed by atoms with E-state index in [1.165, 1.54) is 11.3 Å². The summed E-state index contributed by atoms with van der Waals surface area (Å²) < 4.78 is 12.2. The average Bonchev–Trinajstić information content (AvgIpc) is 3.23. The second-order valence-electron chi connectivity index (χ2n) is 7.83. The Morgan fingerprint density at radius 3 is 2.82 bits per heavy atom. The number of nitrogens with zero attached hydrogens (tertiary/aromatic N) is 4. The molecule has 2 aromatic heterocycles. The quantitative estimate of drug-likeness (QED) is 0.420. The molecule has 1 saturated carbocycles. The van der Waals surface area contributed by atoms with E-state index in [1.807, 2.05) is 30.3 Å². The van der Waals surface area contributed by atoms with E-state index in [0.717, 1.165) is 26.4 Å². The smallest absolute Gasteiger partial charge is 0.230 e. The summed E-state index contributed by atoms with van der Waals surface area (Å²) in [6.45, 7) is 0. The monoisotopic (exact) mass is 479 g/mol. The molecule has 0 atom stereocenters. The maximum Gasteiger partial charge on any atom is 0.230 e. The number of thiazole rings is 1. The number of amides is 1. The van der Waals surface area contributed by atoms with E-state index in [2.05, 4.69) is 27.6 Å². The molecule has 1 amide bonds. The Labute approximate surface area is 198 Å². The van der Waals surface area contributed by atoms with Crippen LogP contribution in [0.15, 0.2) is 40.8 Å². The number of methoxy groups -OCH3 is 1. The van der Waals surface area contributed by atoms with Crippen LogP contribution >= 0.6 is 22.9 Å². The first kappa shape index (κ1) is 21.4. The molecule has 0 spiro atoms. The number of benzene rings is 2. The standard InChI is InChI=1S/C23H18ClN5O3S/c1-31-16-8-14(13-3-2-4-15(24)7-13)9-17-22(16)26-21(33-17)11-20-29-28-19(32-20)10-18(30)27-23(12-25)5-6-23/h2-4,7-9H,5-6,10-11H2,1H3,(H,27,30). The van der Waals surface area contributed by atoms with Crippen LogP contribution in [0.5, 0.6) is 5.75 Å². The fraction of sp³-hybridized carbons (Fsp3) is 0.261. The van der Waals surface area contributed by atoms with Gasteiger partial charge in [-0.3, -0.25) is 4.79 Å². The van der Waals surface area contributed by atoms with Gasteiger partial charge in [-0.2, -0.15) is 5.26 Å². The topological polar surface area (TPSA) is 114 Å². The van der Waals surface area contributed by atoms with Crippen molar-refractivity contribution in [2.24, 2.45) is 0 Å². The minimum absolute atomic E-state index is 0.0624. The number of ether oxygens (including phenoxy) is 1. The molecule has 5 rings (SSSR count). The van der Waals surface area contributed by atoms with Crippen LogP contribution in [-0.4, -0.2) is 33.7 Å². The number of carbonyl (C=O) groups excluding carboxylic acids is 1. The van der Waals surface area contributed by atoms with E-state index in [9.17, 15) is 4.79 Å². The molecule has 1 fully saturated rings. The number of fused-ring (bicyclic) bond motifs is 1. The van der Waals surface area contributed by atoms with Crippen molar-refractivity contribution in [3.05, 3.63) is 58.2 Å². The zero-order chi connectivity index (χ0) is 23.0. The highest BCUT2D eigenvalue weighted by Crippen LogP contribution is 2.36. The average molecular weight is 480 g/mol. The first-order valence-corrected chi connectivity index (χ1v) is 11.4. The van der Waals surface area contributed by atoms with Gasteiger partial charge in [-0.05, 0) is 48.2 Å². The van der Waals surface area contributed by atoms with Gasteiger partial charge in [0.2, 0.25) is 17.7 Å². The summed E-state index contributed by atoms with van der Waals surface area (Å²) >= 11 is 7.66. The third-order valence-electron chi connectivity index (χ3n) is 5.35. The predicted molar refractivity (Wildman–Crippen MR) is 123 cm³/mol. The minimum Gasteiger partial charge on any atom is -0.494 e. The number of rotatable bonds is 7. The van der Waals surface area contributed by atoms with Crippen LogP contribution in [0.2, 0.25) is 5.02 Å². The number of carbonyl (C=O) groups is 1. The summed E-state index contributed by atoms with van der Waals surface area (Å²) in [5.41, 5.74) is 2.01. The Kier molecular flexibility index (Phi) is 5.48. The van der Waals surface area contributed by atoms with Crippen LogP contribution in [0, 0.1) is 11.3 Å². The van der Waals surface area contributed by atoms with Crippen molar-refractivity contribution < 1.29 is 13.9 Å². The molecule has 4 aromatic rings. The number of hydrogen-bond donors (Lipinski definition) is 1. The molecule has 0 radical (unpaired) electrons. The van der Waals surface area contributed by atoms with Gasteiger partial charge < -0.3 is 14.5 Å². The van der Waals surface area contributed by atoms with Gasteiger partial charge in [0.05, 0.1) is 24.3 Å². The number of aromatic nitrogens is 3. The van der Waals surface area contributed by atoms with E-state index in [-0.39, 0.29) is 18.2 Å². The third kappa shape index (κ3) is 4.53. The Morgan fingerprint density at radius 2 is 2.09 bits per heavy atom. The molecule has 1 N–H and O–H groups in total. The fourth-order valence-corrected chi connectivity index (χ4v) is 4.71. The molecule has 0 saturated heterocycles.